The van der Waals surface area contributed by atoms with Crippen LogP contribution in [0.15, 0.2) is 36.8 Å². The highest BCUT2D eigenvalue weighted by Crippen LogP contribution is 2.39. The molecule has 0 fully saturated rings. The van der Waals surface area contributed by atoms with E-state index in [2.05, 4.69) is 21.5 Å². The SMILES string of the molecule is NNC(c1cncc(F)c1)C1CCc2cccnc21. The highest BCUT2D eigenvalue weighted by atomic mass is 19.1. The first kappa shape index (κ1) is 12.2. The summed E-state index contributed by atoms with van der Waals surface area (Å²) in [6.45, 7) is 0. The van der Waals surface area contributed by atoms with Crippen molar-refractivity contribution in [1.82, 2.24) is 15.4 Å². The number of fused-ring (bicyclic) bond motifs is 1. The molecule has 5 heteroatoms. The smallest absolute Gasteiger partial charge is 0.141 e. The molecule has 19 heavy (non-hydrogen) atoms. The van der Waals surface area contributed by atoms with E-state index in [0.29, 0.717) is 0 Å². The van der Waals surface area contributed by atoms with Gasteiger partial charge in [-0.05, 0) is 36.1 Å². The maximum Gasteiger partial charge on any atom is 0.141 e. The summed E-state index contributed by atoms with van der Waals surface area (Å²) in [7, 11) is 0. The molecule has 4 nitrogen and oxygen atoms in total. The molecular formula is C14H15FN4. The predicted octanol–water partition coefficient (Wildman–Crippen LogP) is 1.85. The van der Waals surface area contributed by atoms with Crippen LogP contribution in [-0.2, 0) is 6.42 Å². The van der Waals surface area contributed by atoms with Crippen LogP contribution >= 0.6 is 0 Å². The van der Waals surface area contributed by atoms with Crippen molar-refractivity contribution in [2.45, 2.75) is 24.8 Å². The van der Waals surface area contributed by atoms with Gasteiger partial charge in [-0.1, -0.05) is 6.07 Å². The number of pyridine rings is 2. The summed E-state index contributed by atoms with van der Waals surface area (Å²) < 4.78 is 13.3. The number of aromatic nitrogens is 2. The van der Waals surface area contributed by atoms with Crippen molar-refractivity contribution in [3.8, 4) is 0 Å². The third-order valence-electron chi connectivity index (χ3n) is 3.67. The van der Waals surface area contributed by atoms with Gasteiger partial charge in [0.15, 0.2) is 0 Å². The maximum atomic E-state index is 13.3. The van der Waals surface area contributed by atoms with E-state index in [-0.39, 0.29) is 17.8 Å². The van der Waals surface area contributed by atoms with Gasteiger partial charge < -0.3 is 0 Å². The number of hydrogen-bond acceptors (Lipinski definition) is 4. The Labute approximate surface area is 110 Å². The zero-order chi connectivity index (χ0) is 13.2. The Bertz CT molecular complexity index is 587. The maximum absolute atomic E-state index is 13.3. The van der Waals surface area contributed by atoms with Crippen LogP contribution in [-0.4, -0.2) is 9.97 Å². The van der Waals surface area contributed by atoms with Crippen molar-refractivity contribution in [3.63, 3.8) is 0 Å². The van der Waals surface area contributed by atoms with Crippen LogP contribution in [0.1, 0.15) is 35.2 Å². The van der Waals surface area contributed by atoms with Gasteiger partial charge in [0.25, 0.3) is 0 Å². The number of hydrazine groups is 1. The predicted molar refractivity (Wildman–Crippen MR) is 69.6 cm³/mol. The third kappa shape index (κ3) is 2.22. The zero-order valence-corrected chi connectivity index (χ0v) is 10.4. The van der Waals surface area contributed by atoms with Crippen LogP contribution in [0.2, 0.25) is 0 Å². The van der Waals surface area contributed by atoms with Gasteiger partial charge in [0.2, 0.25) is 0 Å². The fourth-order valence-corrected chi connectivity index (χ4v) is 2.81. The number of nitrogens with two attached hydrogens (primary N) is 1. The Morgan fingerprint density at radius 2 is 2.32 bits per heavy atom. The monoisotopic (exact) mass is 258 g/mol. The first-order valence-electron chi connectivity index (χ1n) is 6.30. The molecule has 0 amide bonds. The zero-order valence-electron chi connectivity index (χ0n) is 10.4. The molecular weight excluding hydrogens is 243 g/mol. The second kappa shape index (κ2) is 5.03. The minimum atomic E-state index is -0.350. The van der Waals surface area contributed by atoms with Crippen LogP contribution in [0.3, 0.4) is 0 Å². The summed E-state index contributed by atoms with van der Waals surface area (Å²) in [5.74, 6) is 5.47. The van der Waals surface area contributed by atoms with Crippen LogP contribution in [0.5, 0.6) is 0 Å². The molecule has 1 aliphatic rings. The quantitative estimate of drug-likeness (QED) is 0.651. The van der Waals surface area contributed by atoms with Crippen LogP contribution in [0, 0.1) is 5.82 Å². The Balaban J connectivity index is 1.96. The van der Waals surface area contributed by atoms with Crippen molar-refractivity contribution < 1.29 is 4.39 Å². The molecule has 0 spiro atoms. The van der Waals surface area contributed by atoms with Gasteiger partial charge in [-0.3, -0.25) is 21.2 Å². The van der Waals surface area contributed by atoms with Gasteiger partial charge in [0, 0.05) is 24.0 Å². The molecule has 3 N–H and O–H groups in total. The molecule has 98 valence electrons. The van der Waals surface area contributed by atoms with E-state index in [1.165, 1.54) is 17.8 Å². The summed E-state index contributed by atoms with van der Waals surface area (Å²) in [6.07, 6.45) is 6.56. The van der Waals surface area contributed by atoms with Crippen molar-refractivity contribution in [2.24, 2.45) is 5.84 Å². The largest absolute Gasteiger partial charge is 0.271 e. The van der Waals surface area contributed by atoms with E-state index in [0.717, 1.165) is 24.1 Å². The Morgan fingerprint density at radius 1 is 1.42 bits per heavy atom. The minimum Gasteiger partial charge on any atom is -0.271 e. The summed E-state index contributed by atoms with van der Waals surface area (Å²) >= 11 is 0. The number of nitrogens with zero attached hydrogens (tertiary/aromatic N) is 2. The van der Waals surface area contributed by atoms with Crippen molar-refractivity contribution >= 4 is 0 Å². The average Bonchev–Trinajstić information content (AvgIpc) is 2.84. The molecule has 0 aromatic carbocycles. The molecule has 2 aromatic rings. The molecule has 0 saturated heterocycles. The van der Waals surface area contributed by atoms with E-state index in [9.17, 15) is 4.39 Å². The summed E-state index contributed by atoms with van der Waals surface area (Å²) in [6, 6.07) is 5.33. The molecule has 0 saturated carbocycles. The summed E-state index contributed by atoms with van der Waals surface area (Å²) in [5.41, 5.74) is 5.84. The molecule has 0 bridgehead atoms. The molecule has 2 unspecified atom stereocenters. The topological polar surface area (TPSA) is 63.8 Å². The van der Waals surface area contributed by atoms with E-state index < -0.39 is 0 Å². The first-order valence-corrected chi connectivity index (χ1v) is 6.30. The van der Waals surface area contributed by atoms with Gasteiger partial charge in [-0.15, -0.1) is 0 Å². The molecule has 2 aromatic heterocycles. The van der Waals surface area contributed by atoms with Crippen molar-refractivity contribution in [2.75, 3.05) is 0 Å². The summed E-state index contributed by atoms with van der Waals surface area (Å²) in [4.78, 5) is 8.34. The molecule has 3 rings (SSSR count). The number of halogens is 1. The lowest BCUT2D eigenvalue weighted by Crippen LogP contribution is -2.32. The third-order valence-corrected chi connectivity index (χ3v) is 3.67. The number of nitrogens with one attached hydrogen (secondary N) is 1. The lowest BCUT2D eigenvalue weighted by atomic mass is 9.92. The first-order chi connectivity index (χ1) is 9.29. The normalized spacial score (nSPS) is 19.2. The van der Waals surface area contributed by atoms with E-state index in [1.807, 2.05) is 6.07 Å². The Hall–Kier alpha value is -1.85. The average molecular weight is 258 g/mol. The number of hydrogen-bond donors (Lipinski definition) is 2. The molecule has 2 atom stereocenters. The van der Waals surface area contributed by atoms with E-state index in [1.54, 1.807) is 12.4 Å². The number of aryl methyl sites for hydroxylation is 1. The van der Waals surface area contributed by atoms with Crippen LogP contribution < -0.4 is 11.3 Å². The van der Waals surface area contributed by atoms with E-state index >= 15 is 0 Å². The van der Waals surface area contributed by atoms with Gasteiger partial charge in [-0.2, -0.15) is 0 Å². The van der Waals surface area contributed by atoms with E-state index in [4.69, 9.17) is 5.84 Å². The Kier molecular flexibility index (Phi) is 3.23. The molecule has 2 heterocycles. The fraction of sp³-hybridized carbons (Fsp3) is 0.286. The molecule has 0 aliphatic heterocycles. The Morgan fingerprint density at radius 3 is 3.11 bits per heavy atom. The molecule has 1 aliphatic carbocycles. The van der Waals surface area contributed by atoms with Gasteiger partial charge >= 0.3 is 0 Å². The fourth-order valence-electron chi connectivity index (χ4n) is 2.81. The number of rotatable bonds is 3. The van der Waals surface area contributed by atoms with Crippen LogP contribution in [0.4, 0.5) is 4.39 Å². The second-order valence-corrected chi connectivity index (χ2v) is 4.77. The second-order valence-electron chi connectivity index (χ2n) is 4.77. The van der Waals surface area contributed by atoms with Crippen LogP contribution in [0.25, 0.3) is 0 Å². The summed E-state index contributed by atoms with van der Waals surface area (Å²) in [5, 5.41) is 0. The lowest BCUT2D eigenvalue weighted by Gasteiger charge is -2.23. The van der Waals surface area contributed by atoms with Gasteiger partial charge in [-0.25, -0.2) is 4.39 Å². The highest BCUT2D eigenvalue weighted by Gasteiger charge is 2.31. The van der Waals surface area contributed by atoms with Crippen molar-refractivity contribution in [3.05, 3.63) is 59.4 Å². The standard InChI is InChI=1S/C14H15FN4/c15-11-6-10(7-17-8-11)14(19-16)12-4-3-9-2-1-5-18-13(9)12/h1-2,5-8,12,14,19H,3-4,16H2. The van der Waals surface area contributed by atoms with Crippen molar-refractivity contribution in [1.29, 1.82) is 0 Å². The van der Waals surface area contributed by atoms with Gasteiger partial charge in [0.1, 0.15) is 5.82 Å². The lowest BCUT2D eigenvalue weighted by molar-refractivity contribution is 0.443. The van der Waals surface area contributed by atoms with Gasteiger partial charge in [0.05, 0.1) is 12.2 Å². The minimum absolute atomic E-state index is 0.157. The highest BCUT2D eigenvalue weighted by molar-refractivity contribution is 5.32. The molecule has 0 radical (unpaired) electrons.